The van der Waals surface area contributed by atoms with Crippen LogP contribution in [0.2, 0.25) is 0 Å². The zero-order valence-corrected chi connectivity index (χ0v) is 9.70. The van der Waals surface area contributed by atoms with Gasteiger partial charge in [-0.1, -0.05) is 6.92 Å². The Balaban J connectivity index is 2.92. The second-order valence-electron chi connectivity index (χ2n) is 4.41. The number of hydrogen-bond acceptors (Lipinski definition) is 3. The molecule has 1 aromatic heterocycles. The third-order valence-electron chi connectivity index (χ3n) is 1.86. The number of carbonyl (C=O) groups is 1. The van der Waals surface area contributed by atoms with E-state index in [1.54, 1.807) is 12.3 Å². The predicted molar refractivity (Wildman–Crippen MR) is 60.7 cm³/mol. The summed E-state index contributed by atoms with van der Waals surface area (Å²) in [6, 6.07) is 1.76. The number of aliphatic imine (C=N–C) groups is 1. The van der Waals surface area contributed by atoms with Crippen LogP contribution in [0.5, 0.6) is 0 Å². The van der Waals surface area contributed by atoms with E-state index in [0.717, 1.165) is 5.56 Å². The van der Waals surface area contributed by atoms with Crippen molar-refractivity contribution in [3.05, 3.63) is 23.7 Å². The largest absolute Gasteiger partial charge is 0.461 e. The molecule has 0 aliphatic rings. The highest BCUT2D eigenvalue weighted by Crippen LogP contribution is 2.13. The Kier molecular flexibility index (Phi) is 3.45. The molecule has 0 atom stereocenters. The summed E-state index contributed by atoms with van der Waals surface area (Å²) in [5, 5.41) is 0. The molecule has 15 heavy (non-hydrogen) atoms. The minimum atomic E-state index is -0.135. The third-order valence-corrected chi connectivity index (χ3v) is 1.86. The summed E-state index contributed by atoms with van der Waals surface area (Å²) in [5.74, 6) is 0.417. The van der Waals surface area contributed by atoms with Crippen molar-refractivity contribution in [1.82, 2.24) is 0 Å². The van der Waals surface area contributed by atoms with Gasteiger partial charge in [0, 0.05) is 18.2 Å². The molecular formula is C12H17NO2. The predicted octanol–water partition coefficient (Wildman–Crippen LogP) is 3.09. The maximum atomic E-state index is 11.5. The first-order valence-corrected chi connectivity index (χ1v) is 5.10. The third kappa shape index (κ3) is 3.35. The van der Waals surface area contributed by atoms with Gasteiger partial charge in [-0.25, -0.2) is 0 Å². The Bertz CT molecular complexity index is 369. The van der Waals surface area contributed by atoms with Gasteiger partial charge in [0.2, 0.25) is 0 Å². The van der Waals surface area contributed by atoms with Crippen molar-refractivity contribution in [2.24, 2.45) is 4.99 Å². The Morgan fingerprint density at radius 1 is 1.53 bits per heavy atom. The minimum absolute atomic E-state index is 0.00959. The smallest absolute Gasteiger partial charge is 0.198 e. The molecule has 0 saturated carbocycles. The van der Waals surface area contributed by atoms with Crippen molar-refractivity contribution in [2.45, 2.75) is 39.7 Å². The number of carbonyl (C=O) groups excluding carboxylic acids is 1. The molecule has 0 saturated heterocycles. The fourth-order valence-corrected chi connectivity index (χ4v) is 1.07. The van der Waals surface area contributed by atoms with Crippen LogP contribution < -0.4 is 0 Å². The molecule has 82 valence electrons. The number of rotatable bonds is 3. The molecule has 0 aromatic carbocycles. The first-order chi connectivity index (χ1) is 6.94. The topological polar surface area (TPSA) is 42.6 Å². The molecule has 0 fully saturated rings. The van der Waals surface area contributed by atoms with Gasteiger partial charge in [0.1, 0.15) is 0 Å². The Labute approximate surface area is 90.2 Å². The van der Waals surface area contributed by atoms with E-state index in [1.165, 1.54) is 6.26 Å². The lowest BCUT2D eigenvalue weighted by Crippen LogP contribution is -2.10. The van der Waals surface area contributed by atoms with Gasteiger partial charge in [0.15, 0.2) is 11.5 Å². The standard InChI is InChI=1S/C12H17NO2/c1-5-10(14)11-9(6-7-15-11)8-13-12(2,3)4/h6-8H,5H2,1-4H3. The molecule has 1 heterocycles. The summed E-state index contributed by atoms with van der Waals surface area (Å²) >= 11 is 0. The fourth-order valence-electron chi connectivity index (χ4n) is 1.07. The van der Waals surface area contributed by atoms with Crippen molar-refractivity contribution >= 4 is 12.0 Å². The van der Waals surface area contributed by atoms with Crippen molar-refractivity contribution < 1.29 is 9.21 Å². The van der Waals surface area contributed by atoms with Crippen LogP contribution in [0, 0.1) is 0 Å². The number of Topliss-reactive ketones (excluding diaryl/α,β-unsaturated/α-hetero) is 1. The molecule has 0 N–H and O–H groups in total. The van der Waals surface area contributed by atoms with Crippen molar-refractivity contribution in [2.75, 3.05) is 0 Å². The van der Waals surface area contributed by atoms with Crippen molar-refractivity contribution in [3.63, 3.8) is 0 Å². The van der Waals surface area contributed by atoms with Gasteiger partial charge in [-0.15, -0.1) is 0 Å². The van der Waals surface area contributed by atoms with E-state index in [-0.39, 0.29) is 11.3 Å². The molecule has 0 unspecified atom stereocenters. The van der Waals surface area contributed by atoms with Crippen LogP contribution >= 0.6 is 0 Å². The summed E-state index contributed by atoms with van der Waals surface area (Å²) in [7, 11) is 0. The van der Waals surface area contributed by atoms with Crippen LogP contribution in [0.25, 0.3) is 0 Å². The van der Waals surface area contributed by atoms with E-state index in [0.29, 0.717) is 12.2 Å². The lowest BCUT2D eigenvalue weighted by atomic mass is 10.1. The van der Waals surface area contributed by atoms with E-state index < -0.39 is 0 Å². The monoisotopic (exact) mass is 207 g/mol. The number of ketones is 1. The van der Waals surface area contributed by atoms with Gasteiger partial charge in [-0.05, 0) is 26.8 Å². The summed E-state index contributed by atoms with van der Waals surface area (Å²) in [6.07, 6.45) is 3.67. The van der Waals surface area contributed by atoms with Crippen LogP contribution in [-0.4, -0.2) is 17.5 Å². The van der Waals surface area contributed by atoms with Crippen LogP contribution in [0.15, 0.2) is 21.7 Å². The fraction of sp³-hybridized carbons (Fsp3) is 0.500. The molecule has 0 radical (unpaired) electrons. The summed E-state index contributed by atoms with van der Waals surface area (Å²) in [6.45, 7) is 7.83. The van der Waals surface area contributed by atoms with E-state index in [1.807, 2.05) is 27.7 Å². The molecular weight excluding hydrogens is 190 g/mol. The van der Waals surface area contributed by atoms with Gasteiger partial charge in [0.25, 0.3) is 0 Å². The number of nitrogens with zero attached hydrogens (tertiary/aromatic N) is 1. The molecule has 3 nitrogen and oxygen atoms in total. The molecule has 0 amide bonds. The Morgan fingerprint density at radius 3 is 2.73 bits per heavy atom. The van der Waals surface area contributed by atoms with Gasteiger partial charge in [-0.2, -0.15) is 0 Å². The van der Waals surface area contributed by atoms with Gasteiger partial charge >= 0.3 is 0 Å². The highest BCUT2D eigenvalue weighted by Gasteiger charge is 2.13. The molecule has 1 aromatic rings. The van der Waals surface area contributed by atoms with Gasteiger partial charge < -0.3 is 4.42 Å². The molecule has 0 aliphatic carbocycles. The zero-order chi connectivity index (χ0) is 11.5. The average molecular weight is 207 g/mol. The Morgan fingerprint density at radius 2 is 2.20 bits per heavy atom. The average Bonchev–Trinajstić information content (AvgIpc) is 2.60. The van der Waals surface area contributed by atoms with Crippen LogP contribution in [-0.2, 0) is 0 Å². The second-order valence-corrected chi connectivity index (χ2v) is 4.41. The summed E-state index contributed by atoms with van der Waals surface area (Å²) < 4.78 is 5.14. The van der Waals surface area contributed by atoms with Crippen LogP contribution in [0.3, 0.4) is 0 Å². The molecule has 0 aliphatic heterocycles. The maximum Gasteiger partial charge on any atom is 0.198 e. The van der Waals surface area contributed by atoms with E-state index >= 15 is 0 Å². The lowest BCUT2D eigenvalue weighted by Gasteiger charge is -2.10. The molecule has 0 spiro atoms. The van der Waals surface area contributed by atoms with E-state index in [2.05, 4.69) is 4.99 Å². The summed E-state index contributed by atoms with van der Waals surface area (Å²) in [4.78, 5) is 15.8. The summed E-state index contributed by atoms with van der Waals surface area (Å²) in [5.41, 5.74) is 0.626. The van der Waals surface area contributed by atoms with Gasteiger partial charge in [0.05, 0.1) is 11.8 Å². The quantitative estimate of drug-likeness (QED) is 0.564. The maximum absolute atomic E-state index is 11.5. The number of furan rings is 1. The van der Waals surface area contributed by atoms with Crippen molar-refractivity contribution in [1.29, 1.82) is 0 Å². The highest BCUT2D eigenvalue weighted by atomic mass is 16.3. The first-order valence-electron chi connectivity index (χ1n) is 5.10. The second kappa shape index (κ2) is 4.43. The Hall–Kier alpha value is -1.38. The SMILES string of the molecule is CCC(=O)c1occc1C=NC(C)(C)C. The van der Waals surface area contributed by atoms with Crippen molar-refractivity contribution in [3.8, 4) is 0 Å². The lowest BCUT2D eigenvalue weighted by molar-refractivity contribution is 0.0961. The van der Waals surface area contributed by atoms with E-state index in [9.17, 15) is 4.79 Å². The van der Waals surface area contributed by atoms with Crippen LogP contribution in [0.1, 0.15) is 50.2 Å². The highest BCUT2D eigenvalue weighted by molar-refractivity contribution is 6.01. The van der Waals surface area contributed by atoms with E-state index in [4.69, 9.17) is 4.42 Å². The normalized spacial score (nSPS) is 12.3. The first kappa shape index (κ1) is 11.7. The van der Waals surface area contributed by atoms with Crippen LogP contribution in [0.4, 0.5) is 0 Å². The zero-order valence-electron chi connectivity index (χ0n) is 9.70. The molecule has 0 bridgehead atoms. The molecule has 1 rings (SSSR count). The van der Waals surface area contributed by atoms with Gasteiger partial charge in [-0.3, -0.25) is 9.79 Å². The molecule has 3 heteroatoms. The minimum Gasteiger partial charge on any atom is -0.461 e. The number of hydrogen-bond donors (Lipinski definition) is 0.